The average Bonchev–Trinajstić information content (AvgIpc) is 1.83. The fraction of sp³-hybridized carbons (Fsp3) is 1.00. The van der Waals surface area contributed by atoms with Gasteiger partial charge >= 0.3 is 7.32 Å². The van der Waals surface area contributed by atoms with Gasteiger partial charge in [-0.15, -0.1) is 0 Å². The Hall–Kier alpha value is -0.175. The second-order valence-electron chi connectivity index (χ2n) is 2.70. The van der Waals surface area contributed by atoms with Crippen molar-refractivity contribution in [2.45, 2.75) is 26.1 Å². The summed E-state index contributed by atoms with van der Waals surface area (Å²) in [4.78, 5) is 0. The first-order chi connectivity index (χ1) is 5.86. The zero-order valence-corrected chi connectivity index (χ0v) is 7.88. The van der Waals surface area contributed by atoms with E-state index in [4.69, 9.17) is 25.3 Å². The molecule has 0 aromatic carbocycles. The van der Waals surface area contributed by atoms with Gasteiger partial charge in [-0.05, 0) is 13.8 Å². The Morgan fingerprint density at radius 2 is 1.23 bits per heavy atom. The minimum absolute atomic E-state index is 0.330. The summed E-state index contributed by atoms with van der Waals surface area (Å²) in [6.07, 6.45) is -0.660. The van der Waals surface area contributed by atoms with E-state index in [0.29, 0.717) is 13.1 Å². The molecule has 0 saturated carbocycles. The molecule has 0 fully saturated rings. The lowest BCUT2D eigenvalue weighted by molar-refractivity contribution is 0.164. The lowest BCUT2D eigenvalue weighted by atomic mass is 10.3. The number of aliphatic hydroxyl groups excluding tert-OH is 2. The van der Waals surface area contributed by atoms with Gasteiger partial charge in [0, 0.05) is 13.1 Å². The molecule has 80 valence electrons. The first-order valence-corrected chi connectivity index (χ1v) is 3.97. The molecule has 0 bridgehead atoms. The fourth-order valence-corrected chi connectivity index (χ4v) is 0.501. The predicted octanol–water partition coefficient (Wildman–Crippen LogP) is -2.71. The summed E-state index contributed by atoms with van der Waals surface area (Å²) < 4.78 is 0. The summed E-state index contributed by atoms with van der Waals surface area (Å²) in [6.45, 7) is 4.50. The molecule has 0 aliphatic carbocycles. The molecule has 0 saturated heterocycles. The molecule has 0 aliphatic rings. The Morgan fingerprint density at radius 3 is 1.38 bits per heavy atom. The van der Waals surface area contributed by atoms with Gasteiger partial charge in [0.25, 0.3) is 0 Å². The lowest BCUT2D eigenvalue weighted by Gasteiger charge is -2.07. The van der Waals surface area contributed by atoms with Crippen LogP contribution in [0, 0.1) is 0 Å². The maximum absolute atomic E-state index is 8.72. The second kappa shape index (κ2) is 9.91. The third-order valence-electron chi connectivity index (χ3n) is 0.879. The number of aliphatic hydroxyl groups is 2. The SMILES string of the molecule is CC(O)CNCC(C)O.OB(O)O. The van der Waals surface area contributed by atoms with Crippen molar-refractivity contribution in [1.82, 2.24) is 5.32 Å². The van der Waals surface area contributed by atoms with Gasteiger partial charge in [-0.1, -0.05) is 0 Å². The molecule has 0 aromatic heterocycles. The lowest BCUT2D eigenvalue weighted by Crippen LogP contribution is -2.30. The van der Waals surface area contributed by atoms with Crippen molar-refractivity contribution in [1.29, 1.82) is 0 Å². The van der Waals surface area contributed by atoms with E-state index in [-0.39, 0.29) is 12.2 Å². The van der Waals surface area contributed by atoms with Crippen LogP contribution in [0.3, 0.4) is 0 Å². The van der Waals surface area contributed by atoms with Crippen LogP contribution in [0.1, 0.15) is 13.8 Å². The summed E-state index contributed by atoms with van der Waals surface area (Å²) in [5.74, 6) is 0. The van der Waals surface area contributed by atoms with E-state index in [1.807, 2.05) is 0 Å². The Labute approximate surface area is 78.0 Å². The number of rotatable bonds is 4. The van der Waals surface area contributed by atoms with Gasteiger partial charge in [-0.3, -0.25) is 0 Å². The van der Waals surface area contributed by atoms with Crippen molar-refractivity contribution in [3.8, 4) is 0 Å². The van der Waals surface area contributed by atoms with Crippen molar-refractivity contribution >= 4 is 7.32 Å². The molecule has 13 heavy (non-hydrogen) atoms. The van der Waals surface area contributed by atoms with Crippen LogP contribution >= 0.6 is 0 Å². The standard InChI is InChI=1S/C6H15NO2.BH3O3/c1-5(8)3-7-4-6(2)9;2-1(3)4/h5-9H,3-4H2,1-2H3;2-4H. The van der Waals surface area contributed by atoms with Crippen molar-refractivity contribution in [2.75, 3.05) is 13.1 Å². The van der Waals surface area contributed by atoms with Gasteiger partial charge in [0.2, 0.25) is 0 Å². The summed E-state index contributed by atoms with van der Waals surface area (Å²) >= 11 is 0. The quantitative estimate of drug-likeness (QED) is 0.272. The van der Waals surface area contributed by atoms with Gasteiger partial charge in [0.15, 0.2) is 0 Å². The summed E-state index contributed by atoms with van der Waals surface area (Å²) in [5.41, 5.74) is 0. The van der Waals surface area contributed by atoms with Crippen LogP contribution in [0.4, 0.5) is 0 Å². The average molecular weight is 195 g/mol. The van der Waals surface area contributed by atoms with Gasteiger partial charge in [-0.25, -0.2) is 0 Å². The molecule has 2 atom stereocenters. The van der Waals surface area contributed by atoms with E-state index in [9.17, 15) is 0 Å². The predicted molar refractivity (Wildman–Crippen MR) is 48.6 cm³/mol. The normalized spacial score (nSPS) is 14.1. The van der Waals surface area contributed by atoms with E-state index in [2.05, 4.69) is 5.32 Å². The summed E-state index contributed by atoms with van der Waals surface area (Å²) in [6, 6.07) is 0. The molecule has 6 nitrogen and oxygen atoms in total. The Kier molecular flexibility index (Phi) is 11.7. The topological polar surface area (TPSA) is 113 Å². The Balaban J connectivity index is 0. The van der Waals surface area contributed by atoms with Gasteiger partial charge in [0.1, 0.15) is 0 Å². The van der Waals surface area contributed by atoms with E-state index >= 15 is 0 Å². The monoisotopic (exact) mass is 195 g/mol. The highest BCUT2D eigenvalue weighted by Gasteiger charge is 1.96. The highest BCUT2D eigenvalue weighted by atomic mass is 16.5. The molecule has 0 heterocycles. The first kappa shape index (κ1) is 15.3. The Bertz CT molecular complexity index is 90.3. The molecule has 2 unspecified atom stereocenters. The Morgan fingerprint density at radius 1 is 1.00 bits per heavy atom. The molecule has 0 amide bonds. The van der Waals surface area contributed by atoms with Gasteiger partial charge in [0.05, 0.1) is 12.2 Å². The fourth-order valence-electron chi connectivity index (χ4n) is 0.501. The van der Waals surface area contributed by atoms with Gasteiger partial charge < -0.3 is 30.6 Å². The zero-order chi connectivity index (χ0) is 10.9. The van der Waals surface area contributed by atoms with Crippen LogP contribution in [0.25, 0.3) is 0 Å². The maximum Gasteiger partial charge on any atom is 0.631 e. The third kappa shape index (κ3) is 33.6. The zero-order valence-electron chi connectivity index (χ0n) is 7.88. The molecular weight excluding hydrogens is 177 g/mol. The summed E-state index contributed by atoms with van der Waals surface area (Å²) in [7, 11) is -2.17. The first-order valence-electron chi connectivity index (χ1n) is 3.97. The largest absolute Gasteiger partial charge is 0.631 e. The van der Waals surface area contributed by atoms with Crippen molar-refractivity contribution in [3.63, 3.8) is 0 Å². The van der Waals surface area contributed by atoms with Crippen molar-refractivity contribution in [3.05, 3.63) is 0 Å². The molecule has 0 aliphatic heterocycles. The van der Waals surface area contributed by atoms with E-state index in [1.54, 1.807) is 13.8 Å². The van der Waals surface area contributed by atoms with E-state index in [1.165, 1.54) is 0 Å². The van der Waals surface area contributed by atoms with E-state index < -0.39 is 7.32 Å². The molecule has 6 N–H and O–H groups in total. The molecular formula is C6H18BNO5. The van der Waals surface area contributed by atoms with Crippen LogP contribution in [0.5, 0.6) is 0 Å². The molecule has 7 heteroatoms. The van der Waals surface area contributed by atoms with Crippen LogP contribution in [-0.4, -0.2) is 57.9 Å². The van der Waals surface area contributed by atoms with Crippen LogP contribution in [-0.2, 0) is 0 Å². The minimum atomic E-state index is -2.17. The van der Waals surface area contributed by atoms with Gasteiger partial charge in [-0.2, -0.15) is 0 Å². The minimum Gasteiger partial charge on any atom is -0.402 e. The molecule has 0 radical (unpaired) electrons. The number of nitrogens with one attached hydrogen (secondary N) is 1. The summed E-state index contributed by atoms with van der Waals surface area (Å²) in [5, 5.41) is 41.8. The molecule has 0 spiro atoms. The highest BCUT2D eigenvalue weighted by Crippen LogP contribution is 1.77. The van der Waals surface area contributed by atoms with Crippen molar-refractivity contribution < 1.29 is 25.3 Å². The highest BCUT2D eigenvalue weighted by molar-refractivity contribution is 6.30. The van der Waals surface area contributed by atoms with Crippen LogP contribution < -0.4 is 5.32 Å². The van der Waals surface area contributed by atoms with Crippen LogP contribution in [0.15, 0.2) is 0 Å². The number of hydrogen-bond acceptors (Lipinski definition) is 6. The van der Waals surface area contributed by atoms with Crippen molar-refractivity contribution in [2.24, 2.45) is 0 Å². The van der Waals surface area contributed by atoms with Crippen LogP contribution in [0.2, 0.25) is 0 Å². The molecule has 0 rings (SSSR count). The molecule has 0 aromatic rings. The second-order valence-corrected chi connectivity index (χ2v) is 2.70. The smallest absolute Gasteiger partial charge is 0.402 e. The maximum atomic E-state index is 8.72. The third-order valence-corrected chi connectivity index (χ3v) is 0.879. The van der Waals surface area contributed by atoms with E-state index in [0.717, 1.165) is 0 Å². The number of hydrogen-bond donors (Lipinski definition) is 6.